The van der Waals surface area contributed by atoms with E-state index in [2.05, 4.69) is 0 Å². The molecule has 1 aliphatic rings. The highest BCUT2D eigenvalue weighted by atomic mass is 19.4. The summed E-state index contributed by atoms with van der Waals surface area (Å²) in [4.78, 5) is 1.77. The van der Waals surface area contributed by atoms with Crippen molar-refractivity contribution in [2.75, 3.05) is 13.6 Å². The van der Waals surface area contributed by atoms with Crippen molar-refractivity contribution in [3.05, 3.63) is 0 Å². The largest absolute Gasteiger partial charge is 0.394 e. The van der Waals surface area contributed by atoms with Gasteiger partial charge in [0.15, 0.2) is 0 Å². The number of rotatable bonds is 1. The molecule has 1 nitrogen and oxygen atoms in total. The molecule has 1 fully saturated rings. The monoisotopic (exact) mass is 181 g/mol. The lowest BCUT2D eigenvalue weighted by atomic mass is 9.81. The lowest BCUT2D eigenvalue weighted by Gasteiger charge is -2.48. The lowest BCUT2D eigenvalue weighted by Crippen LogP contribution is -2.61. The molecule has 0 bridgehead atoms. The minimum Gasteiger partial charge on any atom is -0.302 e. The minimum absolute atomic E-state index is 0.0791. The van der Waals surface area contributed by atoms with Gasteiger partial charge in [0, 0.05) is 12.6 Å². The summed E-state index contributed by atoms with van der Waals surface area (Å²) in [6, 6.07) is -0.315. The van der Waals surface area contributed by atoms with Gasteiger partial charge in [-0.15, -0.1) is 0 Å². The zero-order valence-corrected chi connectivity index (χ0v) is 7.52. The van der Waals surface area contributed by atoms with Crippen LogP contribution in [-0.4, -0.2) is 30.7 Å². The number of hydrogen-bond acceptors (Lipinski definition) is 1. The van der Waals surface area contributed by atoms with Crippen LogP contribution in [0.15, 0.2) is 0 Å². The van der Waals surface area contributed by atoms with Crippen LogP contribution in [0.25, 0.3) is 0 Å². The van der Waals surface area contributed by atoms with E-state index in [1.165, 1.54) is 0 Å². The third-order valence-electron chi connectivity index (χ3n) is 2.51. The maximum Gasteiger partial charge on any atom is 0.394 e. The maximum absolute atomic E-state index is 12.3. The molecule has 0 amide bonds. The molecule has 0 aromatic carbocycles. The van der Waals surface area contributed by atoms with Crippen LogP contribution in [0.3, 0.4) is 0 Å². The summed E-state index contributed by atoms with van der Waals surface area (Å²) in [5.41, 5.74) is 0. The summed E-state index contributed by atoms with van der Waals surface area (Å²) >= 11 is 0. The summed E-state index contributed by atoms with van der Waals surface area (Å²) in [5.74, 6) is -1.03. The van der Waals surface area contributed by atoms with Crippen molar-refractivity contribution in [3.8, 4) is 0 Å². The lowest BCUT2D eigenvalue weighted by molar-refractivity contribution is -0.233. The summed E-state index contributed by atoms with van der Waals surface area (Å²) in [5, 5.41) is 0. The zero-order chi connectivity index (χ0) is 9.52. The average molecular weight is 181 g/mol. The Morgan fingerprint density at radius 3 is 2.00 bits per heavy atom. The van der Waals surface area contributed by atoms with Gasteiger partial charge in [0.1, 0.15) is 0 Å². The molecule has 1 saturated heterocycles. The number of halogens is 3. The first-order chi connectivity index (χ1) is 5.34. The van der Waals surface area contributed by atoms with Crippen LogP contribution in [0.2, 0.25) is 0 Å². The highest BCUT2D eigenvalue weighted by Gasteiger charge is 2.53. The molecule has 0 N–H and O–H groups in total. The Balaban J connectivity index is 2.60. The Morgan fingerprint density at radius 2 is 1.83 bits per heavy atom. The fraction of sp³-hybridized carbons (Fsp3) is 1.00. The van der Waals surface area contributed by atoms with Crippen LogP contribution in [-0.2, 0) is 0 Å². The zero-order valence-electron chi connectivity index (χ0n) is 7.52. The smallest absolute Gasteiger partial charge is 0.302 e. The second-order valence-corrected chi connectivity index (χ2v) is 3.82. The first-order valence-corrected chi connectivity index (χ1v) is 4.11. The average Bonchev–Trinajstić information content (AvgIpc) is 1.78. The first-order valence-electron chi connectivity index (χ1n) is 4.11. The Bertz CT molecular complexity index is 159. The van der Waals surface area contributed by atoms with Gasteiger partial charge in [-0.2, -0.15) is 13.2 Å². The fourth-order valence-corrected chi connectivity index (χ4v) is 1.98. The van der Waals surface area contributed by atoms with Gasteiger partial charge in [-0.05, 0) is 13.0 Å². The SMILES string of the molecule is CC(C)[C@@H]1[C@H](C(F)(F)F)CN1C. The second-order valence-electron chi connectivity index (χ2n) is 3.82. The van der Waals surface area contributed by atoms with Crippen molar-refractivity contribution in [1.82, 2.24) is 4.90 Å². The van der Waals surface area contributed by atoms with Gasteiger partial charge in [-0.25, -0.2) is 0 Å². The van der Waals surface area contributed by atoms with Crippen LogP contribution in [0, 0.1) is 11.8 Å². The molecule has 2 atom stereocenters. The molecule has 4 heteroatoms. The van der Waals surface area contributed by atoms with E-state index in [1.807, 2.05) is 13.8 Å². The van der Waals surface area contributed by atoms with Crippen LogP contribution in [0.4, 0.5) is 13.2 Å². The quantitative estimate of drug-likeness (QED) is 0.599. The van der Waals surface area contributed by atoms with Gasteiger partial charge in [0.05, 0.1) is 5.92 Å². The van der Waals surface area contributed by atoms with Crippen LogP contribution < -0.4 is 0 Å². The van der Waals surface area contributed by atoms with Crippen molar-refractivity contribution in [2.45, 2.75) is 26.1 Å². The van der Waals surface area contributed by atoms with E-state index in [0.717, 1.165) is 0 Å². The van der Waals surface area contributed by atoms with Gasteiger partial charge in [0.2, 0.25) is 0 Å². The molecule has 1 rings (SSSR count). The van der Waals surface area contributed by atoms with Crippen molar-refractivity contribution in [2.24, 2.45) is 11.8 Å². The summed E-state index contributed by atoms with van der Waals surface area (Å²) < 4.78 is 36.8. The number of nitrogens with zero attached hydrogens (tertiary/aromatic N) is 1. The highest BCUT2D eigenvalue weighted by Crippen LogP contribution is 2.40. The number of likely N-dealkylation sites (tertiary alicyclic amines) is 1. The van der Waals surface area contributed by atoms with E-state index in [4.69, 9.17) is 0 Å². The summed E-state index contributed by atoms with van der Waals surface area (Å²) in [7, 11) is 1.74. The molecular formula is C8H14F3N. The summed E-state index contributed by atoms with van der Waals surface area (Å²) in [6.45, 7) is 3.82. The third kappa shape index (κ3) is 1.58. The van der Waals surface area contributed by atoms with Gasteiger partial charge in [-0.3, -0.25) is 0 Å². The molecule has 1 aliphatic heterocycles. The Morgan fingerprint density at radius 1 is 1.33 bits per heavy atom. The molecule has 0 unspecified atom stereocenters. The predicted octanol–water partition coefficient (Wildman–Crippen LogP) is 2.13. The fourth-order valence-electron chi connectivity index (χ4n) is 1.98. The topological polar surface area (TPSA) is 3.24 Å². The van der Waals surface area contributed by atoms with Gasteiger partial charge in [-0.1, -0.05) is 13.8 Å². The van der Waals surface area contributed by atoms with Crippen molar-refractivity contribution < 1.29 is 13.2 Å². The Labute approximate surface area is 70.5 Å². The minimum atomic E-state index is -4.01. The molecule has 0 aliphatic carbocycles. The van der Waals surface area contributed by atoms with E-state index in [-0.39, 0.29) is 18.5 Å². The standard InChI is InChI=1S/C8H14F3N/c1-5(2)7-6(4-12(7)3)8(9,10)11/h5-7H,4H2,1-3H3/t6-,7-/m1/s1. The Kier molecular flexibility index (Phi) is 2.38. The molecule has 12 heavy (non-hydrogen) atoms. The van der Waals surface area contributed by atoms with Crippen LogP contribution >= 0.6 is 0 Å². The molecular weight excluding hydrogens is 167 g/mol. The van der Waals surface area contributed by atoms with E-state index in [1.54, 1.807) is 11.9 Å². The molecule has 0 aromatic heterocycles. The normalized spacial score (nSPS) is 32.2. The predicted molar refractivity (Wildman–Crippen MR) is 40.8 cm³/mol. The number of hydrogen-bond donors (Lipinski definition) is 0. The molecule has 72 valence electrons. The summed E-state index contributed by atoms with van der Waals surface area (Å²) in [6.07, 6.45) is -4.01. The molecule has 1 heterocycles. The second kappa shape index (κ2) is 2.91. The van der Waals surface area contributed by atoms with E-state index in [9.17, 15) is 13.2 Å². The van der Waals surface area contributed by atoms with Crippen LogP contribution in [0.5, 0.6) is 0 Å². The molecule has 0 saturated carbocycles. The Hall–Kier alpha value is -0.250. The first kappa shape index (κ1) is 9.84. The van der Waals surface area contributed by atoms with Crippen molar-refractivity contribution in [1.29, 1.82) is 0 Å². The van der Waals surface area contributed by atoms with Crippen molar-refractivity contribution >= 4 is 0 Å². The van der Waals surface area contributed by atoms with E-state index >= 15 is 0 Å². The number of alkyl halides is 3. The van der Waals surface area contributed by atoms with E-state index < -0.39 is 12.1 Å². The molecule has 0 spiro atoms. The van der Waals surface area contributed by atoms with E-state index in [0.29, 0.717) is 0 Å². The van der Waals surface area contributed by atoms with Gasteiger partial charge >= 0.3 is 6.18 Å². The van der Waals surface area contributed by atoms with Crippen molar-refractivity contribution in [3.63, 3.8) is 0 Å². The third-order valence-corrected chi connectivity index (χ3v) is 2.51. The molecule has 0 aromatic rings. The van der Waals surface area contributed by atoms with Gasteiger partial charge in [0.25, 0.3) is 0 Å². The highest BCUT2D eigenvalue weighted by molar-refractivity contribution is 4.95. The van der Waals surface area contributed by atoms with Crippen LogP contribution in [0.1, 0.15) is 13.8 Å². The molecule has 0 radical (unpaired) electrons. The maximum atomic E-state index is 12.3. The van der Waals surface area contributed by atoms with Gasteiger partial charge < -0.3 is 4.90 Å².